The average molecular weight is 441 g/mol. The van der Waals surface area contributed by atoms with Crippen molar-refractivity contribution in [3.05, 3.63) is 57.3 Å². The summed E-state index contributed by atoms with van der Waals surface area (Å²) in [5, 5.41) is 0.450. The summed E-state index contributed by atoms with van der Waals surface area (Å²) in [6.07, 6.45) is 1.90. The maximum Gasteiger partial charge on any atom is 0.272 e. The molecule has 0 bridgehead atoms. The van der Waals surface area contributed by atoms with E-state index in [9.17, 15) is 13.2 Å². The van der Waals surface area contributed by atoms with Crippen LogP contribution in [0.3, 0.4) is 0 Å². The Morgan fingerprint density at radius 2 is 1.79 bits per heavy atom. The second-order valence-electron chi connectivity index (χ2n) is 7.29. The maximum atomic E-state index is 12.9. The molecule has 1 aromatic heterocycles. The van der Waals surface area contributed by atoms with Gasteiger partial charge in [0, 0.05) is 17.1 Å². The van der Waals surface area contributed by atoms with E-state index in [2.05, 4.69) is 4.98 Å². The van der Waals surface area contributed by atoms with Crippen molar-refractivity contribution in [2.75, 3.05) is 0 Å². The number of pyridine rings is 1. The van der Waals surface area contributed by atoms with E-state index in [4.69, 9.17) is 23.2 Å². The number of carbonyl (C=O) groups is 1. The van der Waals surface area contributed by atoms with Gasteiger partial charge in [0.2, 0.25) is 0 Å². The first kappa shape index (κ1) is 21.1. The average Bonchev–Trinajstić information content (AvgIpc) is 2.95. The molecule has 150 valence electrons. The van der Waals surface area contributed by atoms with E-state index in [1.165, 1.54) is 12.1 Å². The van der Waals surface area contributed by atoms with Crippen molar-refractivity contribution in [2.24, 2.45) is 0 Å². The predicted octanol–water partition coefficient (Wildman–Crippen LogP) is 4.68. The quantitative estimate of drug-likeness (QED) is 0.691. The summed E-state index contributed by atoms with van der Waals surface area (Å²) in [5.41, 5.74) is 1.24. The van der Waals surface area contributed by atoms with Gasteiger partial charge in [0.15, 0.2) is 9.84 Å². The number of hydrogen-bond acceptors (Lipinski definition) is 4. The summed E-state index contributed by atoms with van der Waals surface area (Å²) in [4.78, 5) is 19.0. The third kappa shape index (κ3) is 4.19. The van der Waals surface area contributed by atoms with Gasteiger partial charge >= 0.3 is 0 Å². The van der Waals surface area contributed by atoms with Gasteiger partial charge in [0.1, 0.15) is 5.69 Å². The molecule has 1 amide bonds. The van der Waals surface area contributed by atoms with Crippen molar-refractivity contribution < 1.29 is 13.2 Å². The van der Waals surface area contributed by atoms with Crippen molar-refractivity contribution in [1.29, 1.82) is 0 Å². The molecule has 0 N–H and O–H groups in total. The van der Waals surface area contributed by atoms with E-state index in [0.717, 1.165) is 12.8 Å². The number of sulfone groups is 1. The highest BCUT2D eigenvalue weighted by atomic mass is 35.5. The first-order valence-corrected chi connectivity index (χ1v) is 11.5. The molecular formula is C20H22Cl2N2O3S. The Hall–Kier alpha value is -1.63. The Morgan fingerprint density at radius 1 is 1.14 bits per heavy atom. The van der Waals surface area contributed by atoms with Crippen LogP contribution in [-0.2, 0) is 15.6 Å². The zero-order valence-electron chi connectivity index (χ0n) is 15.9. The zero-order valence-corrected chi connectivity index (χ0v) is 18.3. The molecule has 0 saturated carbocycles. The summed E-state index contributed by atoms with van der Waals surface area (Å²) in [6.45, 7) is 5.78. The van der Waals surface area contributed by atoms with Gasteiger partial charge in [-0.3, -0.25) is 4.79 Å². The number of aryl methyl sites for hydroxylation is 1. The number of amides is 1. The second kappa shape index (κ2) is 8.01. The van der Waals surface area contributed by atoms with Crippen LogP contribution in [0.15, 0.2) is 35.2 Å². The maximum absolute atomic E-state index is 12.9. The summed E-state index contributed by atoms with van der Waals surface area (Å²) in [5.74, 6) is -0.536. The summed E-state index contributed by atoms with van der Waals surface area (Å²) >= 11 is 12.2. The van der Waals surface area contributed by atoms with Crippen molar-refractivity contribution in [3.8, 4) is 0 Å². The predicted molar refractivity (Wildman–Crippen MR) is 111 cm³/mol. The molecule has 1 fully saturated rings. The minimum Gasteiger partial charge on any atom is -0.332 e. The Morgan fingerprint density at radius 3 is 2.43 bits per heavy atom. The normalized spacial score (nSPS) is 19.8. The van der Waals surface area contributed by atoms with Gasteiger partial charge in [-0.25, -0.2) is 13.4 Å². The number of carbonyl (C=O) groups excluding carboxylic acids is 1. The largest absolute Gasteiger partial charge is 0.332 e. The second-order valence-corrected chi connectivity index (χ2v) is 10.1. The summed E-state index contributed by atoms with van der Waals surface area (Å²) in [7, 11) is -3.77. The van der Waals surface area contributed by atoms with Gasteiger partial charge < -0.3 is 4.90 Å². The van der Waals surface area contributed by atoms with E-state index < -0.39 is 9.84 Å². The molecule has 5 nitrogen and oxygen atoms in total. The standard InChI is InChI=1S/C20H22Cl2N2O3S/c1-12-9-17(22)19(10-16(12)21)28(26,27)11-15-5-4-6-18(23-15)20(25)24-13(2)7-8-14(24)3/h4-6,9-10,13-14H,7-8,11H2,1-3H3. The van der Waals surface area contributed by atoms with E-state index in [-0.39, 0.29) is 45.0 Å². The number of likely N-dealkylation sites (tertiary alicyclic amines) is 1. The molecule has 2 heterocycles. The molecule has 8 heteroatoms. The topological polar surface area (TPSA) is 67.3 Å². The molecule has 1 aliphatic heterocycles. The highest BCUT2D eigenvalue weighted by molar-refractivity contribution is 7.90. The Labute approximate surface area is 175 Å². The number of benzene rings is 1. The van der Waals surface area contributed by atoms with E-state index in [1.807, 2.05) is 18.7 Å². The van der Waals surface area contributed by atoms with E-state index in [0.29, 0.717) is 10.6 Å². The Kier molecular flexibility index (Phi) is 6.03. The smallest absolute Gasteiger partial charge is 0.272 e. The van der Waals surface area contributed by atoms with Gasteiger partial charge in [-0.15, -0.1) is 0 Å². The SMILES string of the molecule is Cc1cc(Cl)c(S(=O)(=O)Cc2cccc(C(=O)N3C(C)CCC3C)n2)cc1Cl. The van der Waals surface area contributed by atoms with Crippen LogP contribution in [0.1, 0.15) is 48.4 Å². The van der Waals surface area contributed by atoms with Crippen molar-refractivity contribution in [2.45, 2.75) is 56.3 Å². The number of aromatic nitrogens is 1. The van der Waals surface area contributed by atoms with Gasteiger partial charge in [0.25, 0.3) is 5.91 Å². The zero-order chi connectivity index (χ0) is 20.6. The van der Waals surface area contributed by atoms with Crippen LogP contribution >= 0.6 is 23.2 Å². The lowest BCUT2D eigenvalue weighted by Crippen LogP contribution is -2.39. The molecule has 3 rings (SSSR count). The third-order valence-electron chi connectivity index (χ3n) is 5.10. The van der Waals surface area contributed by atoms with E-state index >= 15 is 0 Å². The molecule has 1 saturated heterocycles. The molecule has 0 aliphatic carbocycles. The molecule has 1 aromatic carbocycles. The van der Waals surface area contributed by atoms with E-state index in [1.54, 1.807) is 25.1 Å². The molecule has 28 heavy (non-hydrogen) atoms. The van der Waals surface area contributed by atoms with Crippen LogP contribution in [0.4, 0.5) is 0 Å². The molecule has 1 aliphatic rings. The Bertz CT molecular complexity index is 1010. The fraction of sp³-hybridized carbons (Fsp3) is 0.400. The molecular weight excluding hydrogens is 419 g/mol. The highest BCUT2D eigenvalue weighted by Gasteiger charge is 2.32. The fourth-order valence-electron chi connectivity index (χ4n) is 3.55. The van der Waals surface area contributed by atoms with Gasteiger partial charge in [-0.1, -0.05) is 29.3 Å². The molecule has 2 unspecified atom stereocenters. The highest BCUT2D eigenvalue weighted by Crippen LogP contribution is 2.30. The Balaban J connectivity index is 1.89. The van der Waals surface area contributed by atoms with Crippen molar-refractivity contribution in [1.82, 2.24) is 9.88 Å². The molecule has 2 aromatic rings. The lowest BCUT2D eigenvalue weighted by atomic mass is 10.2. The first-order chi connectivity index (χ1) is 13.1. The van der Waals surface area contributed by atoms with Crippen LogP contribution in [0, 0.1) is 6.92 Å². The number of hydrogen-bond donors (Lipinski definition) is 0. The minimum atomic E-state index is -3.77. The number of halogens is 2. The van der Waals surface area contributed by atoms with Crippen LogP contribution < -0.4 is 0 Å². The van der Waals surface area contributed by atoms with Crippen LogP contribution in [0.25, 0.3) is 0 Å². The van der Waals surface area contributed by atoms with Crippen molar-refractivity contribution in [3.63, 3.8) is 0 Å². The first-order valence-electron chi connectivity index (χ1n) is 9.07. The van der Waals surface area contributed by atoms with Crippen LogP contribution in [-0.4, -0.2) is 36.3 Å². The molecule has 0 spiro atoms. The third-order valence-corrected chi connectivity index (χ3v) is 7.61. The molecule has 2 atom stereocenters. The van der Waals surface area contributed by atoms with Gasteiger partial charge in [0.05, 0.1) is 21.4 Å². The van der Waals surface area contributed by atoms with Crippen LogP contribution in [0.5, 0.6) is 0 Å². The van der Waals surface area contributed by atoms with Crippen molar-refractivity contribution >= 4 is 38.9 Å². The molecule has 0 radical (unpaired) electrons. The van der Waals surface area contributed by atoms with Gasteiger partial charge in [-0.05, 0) is 63.4 Å². The minimum absolute atomic E-state index is 0.0370. The van der Waals surface area contributed by atoms with Crippen LogP contribution in [0.2, 0.25) is 10.0 Å². The number of nitrogens with zero attached hydrogens (tertiary/aromatic N) is 2. The summed E-state index contributed by atoms with van der Waals surface area (Å²) < 4.78 is 25.7. The lowest BCUT2D eigenvalue weighted by molar-refractivity contribution is 0.0686. The lowest BCUT2D eigenvalue weighted by Gasteiger charge is -2.26. The number of rotatable bonds is 4. The van der Waals surface area contributed by atoms with Gasteiger partial charge in [-0.2, -0.15) is 0 Å². The monoisotopic (exact) mass is 440 g/mol. The fourth-order valence-corrected chi connectivity index (χ4v) is 5.70. The summed E-state index contributed by atoms with van der Waals surface area (Å²) in [6, 6.07) is 8.04.